The fraction of sp³-hybridized carbons (Fsp3) is 0.474. The van der Waals surface area contributed by atoms with Crippen molar-refractivity contribution in [1.82, 2.24) is 15.6 Å². The standard InChI is InChI=1S/C19H27N5O.HI/c1-2-20-19(22-10-8-17-6-5-13-25-17)23-15-16-7-9-21-18(14-16)24-11-3-4-12-24;/h5-7,9,13-14H,2-4,8,10-12,15H2,1H3,(H2,20,22,23);1H. The summed E-state index contributed by atoms with van der Waals surface area (Å²) >= 11 is 0. The minimum atomic E-state index is 0. The zero-order chi connectivity index (χ0) is 17.3. The van der Waals surface area contributed by atoms with Crippen molar-refractivity contribution in [2.75, 3.05) is 31.1 Å². The molecule has 0 atom stereocenters. The highest BCUT2D eigenvalue weighted by Gasteiger charge is 2.13. The summed E-state index contributed by atoms with van der Waals surface area (Å²) < 4.78 is 5.35. The molecule has 0 saturated carbocycles. The van der Waals surface area contributed by atoms with E-state index in [2.05, 4.69) is 38.5 Å². The van der Waals surface area contributed by atoms with Gasteiger partial charge in [-0.05, 0) is 49.6 Å². The molecule has 0 spiro atoms. The quantitative estimate of drug-likeness (QED) is 0.371. The Kier molecular flexibility index (Phi) is 8.73. The summed E-state index contributed by atoms with van der Waals surface area (Å²) in [6.07, 6.45) is 6.94. The largest absolute Gasteiger partial charge is 0.469 e. The predicted molar refractivity (Wildman–Crippen MR) is 116 cm³/mol. The normalized spacial score (nSPS) is 14.2. The molecular formula is C19H28IN5O. The van der Waals surface area contributed by atoms with Crippen molar-refractivity contribution >= 4 is 35.8 Å². The van der Waals surface area contributed by atoms with Gasteiger partial charge in [-0.25, -0.2) is 9.98 Å². The van der Waals surface area contributed by atoms with Gasteiger partial charge in [0.1, 0.15) is 11.6 Å². The number of nitrogens with zero attached hydrogens (tertiary/aromatic N) is 3. The fourth-order valence-corrected chi connectivity index (χ4v) is 2.95. The third-order valence-electron chi connectivity index (χ3n) is 4.25. The van der Waals surface area contributed by atoms with E-state index in [9.17, 15) is 0 Å². The summed E-state index contributed by atoms with van der Waals surface area (Å²) in [6.45, 7) is 6.55. The summed E-state index contributed by atoms with van der Waals surface area (Å²) in [4.78, 5) is 11.5. The number of rotatable bonds is 7. The van der Waals surface area contributed by atoms with E-state index in [0.717, 1.165) is 50.1 Å². The van der Waals surface area contributed by atoms with E-state index in [-0.39, 0.29) is 24.0 Å². The monoisotopic (exact) mass is 469 g/mol. The second-order valence-electron chi connectivity index (χ2n) is 6.17. The second kappa shape index (κ2) is 11.1. The minimum Gasteiger partial charge on any atom is -0.469 e. The molecule has 1 aliphatic heterocycles. The predicted octanol–water partition coefficient (Wildman–Crippen LogP) is 3.19. The number of anilines is 1. The van der Waals surface area contributed by atoms with Crippen LogP contribution in [-0.4, -0.2) is 37.1 Å². The maximum atomic E-state index is 5.35. The van der Waals surface area contributed by atoms with Crippen molar-refractivity contribution in [3.63, 3.8) is 0 Å². The third-order valence-corrected chi connectivity index (χ3v) is 4.25. The van der Waals surface area contributed by atoms with Crippen LogP contribution in [0.5, 0.6) is 0 Å². The lowest BCUT2D eigenvalue weighted by Crippen LogP contribution is -2.38. The lowest BCUT2D eigenvalue weighted by atomic mass is 10.2. The summed E-state index contributed by atoms with van der Waals surface area (Å²) in [7, 11) is 0. The van der Waals surface area contributed by atoms with Gasteiger partial charge in [-0.2, -0.15) is 0 Å². The molecule has 1 saturated heterocycles. The molecule has 1 fully saturated rings. The summed E-state index contributed by atoms with van der Waals surface area (Å²) in [5, 5.41) is 6.64. The number of aliphatic imine (C=N–C) groups is 1. The summed E-state index contributed by atoms with van der Waals surface area (Å²) in [6, 6.07) is 8.09. The van der Waals surface area contributed by atoms with Gasteiger partial charge in [0.2, 0.25) is 0 Å². The first-order chi connectivity index (χ1) is 12.3. The SMILES string of the molecule is CCNC(=NCc1ccnc(N2CCCC2)c1)NCCc1ccco1.I. The molecule has 7 heteroatoms. The molecule has 6 nitrogen and oxygen atoms in total. The molecule has 3 rings (SSSR count). The van der Waals surface area contributed by atoms with Crippen LogP contribution in [0.25, 0.3) is 0 Å². The number of hydrogen-bond acceptors (Lipinski definition) is 4. The van der Waals surface area contributed by atoms with Crippen molar-refractivity contribution in [3.8, 4) is 0 Å². The molecule has 1 aliphatic rings. The van der Waals surface area contributed by atoms with Gasteiger partial charge in [0.05, 0.1) is 12.8 Å². The Labute approximate surface area is 172 Å². The average Bonchev–Trinajstić information content (AvgIpc) is 3.34. The molecule has 142 valence electrons. The summed E-state index contributed by atoms with van der Waals surface area (Å²) in [5.41, 5.74) is 1.18. The molecule has 2 aromatic heterocycles. The molecule has 0 aliphatic carbocycles. The van der Waals surface area contributed by atoms with Crippen LogP contribution in [0, 0.1) is 0 Å². The Hall–Kier alpha value is -1.77. The van der Waals surface area contributed by atoms with Crippen LogP contribution < -0.4 is 15.5 Å². The van der Waals surface area contributed by atoms with E-state index in [4.69, 9.17) is 4.42 Å². The van der Waals surface area contributed by atoms with E-state index in [0.29, 0.717) is 6.54 Å². The second-order valence-corrected chi connectivity index (χ2v) is 6.17. The first-order valence-electron chi connectivity index (χ1n) is 9.09. The molecule has 0 bridgehead atoms. The van der Waals surface area contributed by atoms with Crippen molar-refractivity contribution < 1.29 is 4.42 Å². The van der Waals surface area contributed by atoms with Gasteiger partial charge in [-0.3, -0.25) is 0 Å². The van der Waals surface area contributed by atoms with Crippen molar-refractivity contribution in [2.45, 2.75) is 32.7 Å². The van der Waals surface area contributed by atoms with Crippen LogP contribution in [0.2, 0.25) is 0 Å². The van der Waals surface area contributed by atoms with Crippen LogP contribution in [-0.2, 0) is 13.0 Å². The maximum absolute atomic E-state index is 5.35. The van der Waals surface area contributed by atoms with Crippen molar-refractivity contribution in [1.29, 1.82) is 0 Å². The van der Waals surface area contributed by atoms with Gasteiger partial charge >= 0.3 is 0 Å². The van der Waals surface area contributed by atoms with Gasteiger partial charge in [-0.1, -0.05) is 0 Å². The smallest absolute Gasteiger partial charge is 0.191 e. The van der Waals surface area contributed by atoms with E-state index < -0.39 is 0 Å². The van der Waals surface area contributed by atoms with Gasteiger partial charge < -0.3 is 20.0 Å². The Morgan fingerprint density at radius 1 is 1.27 bits per heavy atom. The zero-order valence-corrected chi connectivity index (χ0v) is 17.6. The lowest BCUT2D eigenvalue weighted by Gasteiger charge is -2.16. The van der Waals surface area contributed by atoms with Gasteiger partial charge in [-0.15, -0.1) is 24.0 Å². The molecule has 2 N–H and O–H groups in total. The molecule has 3 heterocycles. The highest BCUT2D eigenvalue weighted by atomic mass is 127. The van der Waals surface area contributed by atoms with Gasteiger partial charge in [0.15, 0.2) is 5.96 Å². The van der Waals surface area contributed by atoms with Crippen molar-refractivity contribution in [3.05, 3.63) is 48.0 Å². The van der Waals surface area contributed by atoms with Crippen LogP contribution in [0.3, 0.4) is 0 Å². The zero-order valence-electron chi connectivity index (χ0n) is 15.3. The van der Waals surface area contributed by atoms with Crippen LogP contribution in [0.4, 0.5) is 5.82 Å². The highest BCUT2D eigenvalue weighted by Crippen LogP contribution is 2.18. The minimum absolute atomic E-state index is 0. The van der Waals surface area contributed by atoms with Crippen LogP contribution in [0.15, 0.2) is 46.1 Å². The highest BCUT2D eigenvalue weighted by molar-refractivity contribution is 14.0. The summed E-state index contributed by atoms with van der Waals surface area (Å²) in [5.74, 6) is 2.88. The Bertz CT molecular complexity index is 668. The number of furan rings is 1. The molecule has 0 amide bonds. The topological polar surface area (TPSA) is 65.7 Å². The maximum Gasteiger partial charge on any atom is 0.191 e. The van der Waals surface area contributed by atoms with E-state index in [1.807, 2.05) is 24.4 Å². The van der Waals surface area contributed by atoms with Crippen LogP contribution >= 0.6 is 24.0 Å². The molecular weight excluding hydrogens is 441 g/mol. The lowest BCUT2D eigenvalue weighted by molar-refractivity contribution is 0.507. The third kappa shape index (κ3) is 6.19. The van der Waals surface area contributed by atoms with Gasteiger partial charge in [0.25, 0.3) is 0 Å². The first-order valence-corrected chi connectivity index (χ1v) is 9.09. The molecule has 0 unspecified atom stereocenters. The number of pyridine rings is 1. The van der Waals surface area contributed by atoms with E-state index >= 15 is 0 Å². The van der Waals surface area contributed by atoms with Crippen molar-refractivity contribution in [2.24, 2.45) is 4.99 Å². The molecule has 26 heavy (non-hydrogen) atoms. The number of nitrogens with one attached hydrogen (secondary N) is 2. The first kappa shape index (κ1) is 20.5. The Morgan fingerprint density at radius 3 is 2.85 bits per heavy atom. The number of halogens is 1. The fourth-order valence-electron chi connectivity index (χ4n) is 2.95. The Balaban J connectivity index is 0.00000243. The molecule has 2 aromatic rings. The van der Waals surface area contributed by atoms with E-state index in [1.54, 1.807) is 6.26 Å². The van der Waals surface area contributed by atoms with E-state index in [1.165, 1.54) is 18.4 Å². The molecule has 0 radical (unpaired) electrons. The number of hydrogen-bond donors (Lipinski definition) is 2. The molecule has 0 aromatic carbocycles. The average molecular weight is 469 g/mol. The van der Waals surface area contributed by atoms with Crippen LogP contribution in [0.1, 0.15) is 31.1 Å². The Morgan fingerprint density at radius 2 is 2.12 bits per heavy atom. The number of guanidine groups is 1. The van der Waals surface area contributed by atoms with Gasteiger partial charge in [0, 0.05) is 38.8 Å². The number of aromatic nitrogens is 1.